The number of hydrogen-bond donors (Lipinski definition) is 0. The van der Waals surface area contributed by atoms with Gasteiger partial charge in [-0.3, -0.25) is 0 Å². The van der Waals surface area contributed by atoms with Gasteiger partial charge in [0.05, 0.1) is 91.1 Å². The first-order chi connectivity index (χ1) is 42.4. The van der Waals surface area contributed by atoms with E-state index in [-0.39, 0.29) is 0 Å². The van der Waals surface area contributed by atoms with Crippen LogP contribution in [0.3, 0.4) is 0 Å². The van der Waals surface area contributed by atoms with E-state index in [0.717, 1.165) is 15.2 Å². The van der Waals surface area contributed by atoms with Crippen molar-refractivity contribution >= 4 is 65.4 Å². The molecule has 0 amide bonds. The molecule has 0 bridgehead atoms. The fraction of sp³-hybridized carbons (Fsp3) is 0. The Morgan fingerprint density at radius 1 is 0.298 bits per heavy atom. The average molecular weight is 760 g/mol. The van der Waals surface area contributed by atoms with Gasteiger partial charge in [-0.2, -0.15) is 0 Å². The molecule has 12 aromatic rings. The highest BCUT2D eigenvalue weighted by atomic mass is 15.1. The van der Waals surface area contributed by atoms with Crippen LogP contribution in [-0.4, -0.2) is 13.7 Å². The molecular weight excluding hydrogens is 691 g/mol. The molecule has 266 valence electrons. The summed E-state index contributed by atoms with van der Waals surface area (Å²) in [6.45, 7) is 0. The average Bonchev–Trinajstić information content (AvgIpc) is 1.53. The number of para-hydroxylation sites is 5. The summed E-state index contributed by atoms with van der Waals surface area (Å²) in [5.74, 6) is 0. The van der Waals surface area contributed by atoms with E-state index in [0.29, 0.717) is 4.57 Å². The summed E-state index contributed by atoms with van der Waals surface area (Å²) in [6, 6.07) is -33.5. The fourth-order valence-electron chi connectivity index (χ4n) is 7.19. The lowest BCUT2D eigenvalue weighted by atomic mass is 9.98. The van der Waals surface area contributed by atoms with Crippen LogP contribution in [0.1, 0.15) is 46.6 Å². The van der Waals surface area contributed by atoms with Crippen LogP contribution in [0.25, 0.3) is 105 Å². The molecule has 57 heavy (non-hydrogen) atoms. The number of benzene rings is 9. The minimum atomic E-state index is -1.19. The lowest BCUT2D eigenvalue weighted by Gasteiger charge is -2.16. The largest absolute Gasteiger partial charge is 0.309 e. The van der Waals surface area contributed by atoms with E-state index >= 15 is 0 Å². The van der Waals surface area contributed by atoms with Crippen molar-refractivity contribution in [3.05, 3.63) is 212 Å². The number of aromatic nitrogens is 3. The Labute approximate surface area is 377 Å². The van der Waals surface area contributed by atoms with Gasteiger partial charge in [-0.15, -0.1) is 0 Å². The molecule has 0 fully saturated rings. The molecule has 0 spiro atoms. The van der Waals surface area contributed by atoms with Crippen molar-refractivity contribution in [1.82, 2.24) is 13.7 Å². The topological polar surface area (TPSA) is 14.8 Å². The van der Waals surface area contributed by atoms with Gasteiger partial charge >= 0.3 is 0 Å². The van der Waals surface area contributed by atoms with E-state index < -0.39 is 310 Å². The zero-order valence-corrected chi connectivity index (χ0v) is 28.4. The molecule has 0 aliphatic heterocycles. The SMILES string of the molecule is [2H]c1c([2H])c([2H])c(-c2cc(-n3c4c([2H])c([2H])c([2H])c([2H])c4c4c(-n5c6c([2H])c([2H])c([2H])c([2H])c6c6c([2H])c([2H])c([2H])c(-n7c8c([2H])c([2H])c([2H])c([2H])c8c8c([2H])c([2H])c([2H])c([2H])c87)c65)c([2H])c([2H])c([2H])c43)c([2H])c(-c3c([2H])c([2H])c([2H])c([2H])c3[2H])c2[2H])c([2H])c1[2H]. The summed E-state index contributed by atoms with van der Waals surface area (Å²) in [5, 5.41) is -4.14. The second-order valence-corrected chi connectivity index (χ2v) is 12.4. The Balaban J connectivity index is 1.43. The maximum absolute atomic E-state index is 10.1. The van der Waals surface area contributed by atoms with Crippen LogP contribution in [0.15, 0.2) is 212 Å². The molecule has 3 aromatic heterocycles. The van der Waals surface area contributed by atoms with E-state index in [2.05, 4.69) is 0 Å². The van der Waals surface area contributed by atoms with Crippen LogP contribution >= 0.6 is 0 Å². The third-order valence-corrected chi connectivity index (χ3v) is 9.43. The first kappa shape index (κ1) is 13.0. The van der Waals surface area contributed by atoms with Gasteiger partial charge in [0, 0.05) is 38.0 Å². The van der Waals surface area contributed by atoms with Crippen molar-refractivity contribution in [2.75, 3.05) is 0 Å². The third-order valence-electron chi connectivity index (χ3n) is 9.43. The Hall–Kier alpha value is -7.62. The highest BCUT2D eigenvalue weighted by molar-refractivity contribution is 6.18. The van der Waals surface area contributed by atoms with Gasteiger partial charge in [-0.1, -0.05) is 151 Å². The zero-order valence-electron chi connectivity index (χ0n) is 62.4. The highest BCUT2D eigenvalue weighted by Crippen LogP contribution is 2.43. The van der Waals surface area contributed by atoms with Gasteiger partial charge in [0.25, 0.3) is 0 Å². The minimum Gasteiger partial charge on any atom is -0.309 e. The summed E-state index contributed by atoms with van der Waals surface area (Å²) in [6.07, 6.45) is 0. The van der Waals surface area contributed by atoms with Gasteiger partial charge in [0.15, 0.2) is 0 Å². The second-order valence-electron chi connectivity index (χ2n) is 12.4. The maximum Gasteiger partial charge on any atom is 0.0782 e. The van der Waals surface area contributed by atoms with Gasteiger partial charge in [-0.25, -0.2) is 0 Å². The molecule has 0 aliphatic carbocycles. The molecule has 0 radical (unpaired) electrons. The lowest BCUT2D eigenvalue weighted by Crippen LogP contribution is -2.01. The standard InChI is InChI=1S/C54H35N3/c1-3-17-36(18-4-1)38-33-39(37-19-5-2-6-20-37)35-40(34-38)55-49-29-14-10-24-45(49)53-50(55)30-16-31-51(53)57-48-28-13-9-23-43(48)44-25-15-32-52(54(44)57)56-46-26-11-7-21-41(46)42-22-8-12-27-47(42)56/h1-35H/i1D,2D,3D,4D,5D,6D,7D,8D,9D,10D,11D,12D,13D,14D,15D,16D,17D,18D,19D,20D,21D,22D,23D,24D,25D,26D,27D,28D,29D,30D,31D,32D,33D,34D. The van der Waals surface area contributed by atoms with Crippen molar-refractivity contribution in [3.63, 3.8) is 0 Å². The molecule has 3 heterocycles. The molecule has 0 saturated heterocycles. The molecule has 9 aromatic carbocycles. The van der Waals surface area contributed by atoms with E-state index in [1.165, 1.54) is 0 Å². The van der Waals surface area contributed by atoms with Crippen molar-refractivity contribution in [1.29, 1.82) is 0 Å². The fourth-order valence-corrected chi connectivity index (χ4v) is 7.19. The normalized spacial score (nSPS) is 20.2. The zero-order chi connectivity index (χ0) is 67.0. The Bertz CT molecular complexity index is 5390. The maximum atomic E-state index is 10.1. The Morgan fingerprint density at radius 3 is 1.40 bits per heavy atom. The van der Waals surface area contributed by atoms with Crippen LogP contribution in [-0.2, 0) is 0 Å². The second kappa shape index (κ2) is 12.5. The lowest BCUT2D eigenvalue weighted by molar-refractivity contribution is 1.14. The van der Waals surface area contributed by atoms with Gasteiger partial charge in [0.2, 0.25) is 0 Å². The Morgan fingerprint density at radius 2 is 0.754 bits per heavy atom. The predicted octanol–water partition coefficient (Wildman–Crippen LogP) is 14.3. The first-order valence-corrected chi connectivity index (χ1v) is 16.8. The van der Waals surface area contributed by atoms with Crippen LogP contribution in [0.2, 0.25) is 0 Å². The van der Waals surface area contributed by atoms with Crippen molar-refractivity contribution in [2.45, 2.75) is 0 Å². The molecular formula is C54H35N3. The van der Waals surface area contributed by atoms with Crippen LogP contribution in [0, 0.1) is 0 Å². The van der Waals surface area contributed by atoms with Gasteiger partial charge in [-0.05, 0) is 82.7 Å². The quantitative estimate of drug-likeness (QED) is 0.166. The predicted molar refractivity (Wildman–Crippen MR) is 240 cm³/mol. The molecule has 0 N–H and O–H groups in total. The smallest absolute Gasteiger partial charge is 0.0782 e. The molecule has 12 rings (SSSR count). The molecule has 0 saturated carbocycles. The molecule has 3 nitrogen and oxygen atoms in total. The van der Waals surface area contributed by atoms with Crippen molar-refractivity contribution in [2.24, 2.45) is 0 Å². The van der Waals surface area contributed by atoms with Crippen molar-refractivity contribution in [3.8, 4) is 39.3 Å². The van der Waals surface area contributed by atoms with Crippen LogP contribution < -0.4 is 0 Å². The van der Waals surface area contributed by atoms with Gasteiger partial charge in [0.1, 0.15) is 0 Å². The summed E-state index contributed by atoms with van der Waals surface area (Å²) in [5.41, 5.74) is -10.7. The monoisotopic (exact) mass is 759 g/mol. The van der Waals surface area contributed by atoms with Gasteiger partial charge < -0.3 is 13.7 Å². The minimum absolute atomic E-state index is 0.584. The summed E-state index contributed by atoms with van der Waals surface area (Å²) in [7, 11) is 0. The van der Waals surface area contributed by atoms with Crippen LogP contribution in [0.4, 0.5) is 0 Å². The van der Waals surface area contributed by atoms with E-state index in [1.54, 1.807) is 0 Å². The summed E-state index contributed by atoms with van der Waals surface area (Å²) in [4.78, 5) is 0. The molecule has 0 aliphatic rings. The Kier molecular flexibility index (Phi) is 2.84. The summed E-state index contributed by atoms with van der Waals surface area (Å²) < 4.78 is 315. The molecule has 3 heteroatoms. The third kappa shape index (κ3) is 4.73. The highest BCUT2D eigenvalue weighted by Gasteiger charge is 2.23. The first-order valence-electron chi connectivity index (χ1n) is 33.8. The molecule has 0 unspecified atom stereocenters. The van der Waals surface area contributed by atoms with Crippen LogP contribution in [0.5, 0.6) is 0 Å². The van der Waals surface area contributed by atoms with E-state index in [1.807, 2.05) is 0 Å². The summed E-state index contributed by atoms with van der Waals surface area (Å²) >= 11 is 0. The van der Waals surface area contributed by atoms with E-state index in [9.17, 15) is 19.2 Å². The van der Waals surface area contributed by atoms with Crippen molar-refractivity contribution < 1.29 is 46.6 Å². The van der Waals surface area contributed by atoms with E-state index in [4.69, 9.17) is 27.4 Å². The molecule has 0 atom stereocenters. The number of hydrogen-bond acceptors (Lipinski definition) is 0. The number of rotatable bonds is 5. The number of fused-ring (bicyclic) bond motifs is 9. The number of nitrogens with zero attached hydrogens (tertiary/aromatic N) is 3.